The van der Waals surface area contributed by atoms with E-state index in [-0.39, 0.29) is 17.9 Å². The van der Waals surface area contributed by atoms with Gasteiger partial charge in [-0.1, -0.05) is 0 Å². The molecule has 10 heteroatoms. The highest BCUT2D eigenvalue weighted by Crippen LogP contribution is 2.40. The molecule has 2 amide bonds. The summed E-state index contributed by atoms with van der Waals surface area (Å²) in [5.41, 5.74) is 0.826. The lowest BCUT2D eigenvalue weighted by Gasteiger charge is -2.40. The molecule has 0 saturated carbocycles. The summed E-state index contributed by atoms with van der Waals surface area (Å²) in [7, 11) is 9.02. The predicted molar refractivity (Wildman–Crippen MR) is 129 cm³/mol. The van der Waals surface area contributed by atoms with Gasteiger partial charge in [0.25, 0.3) is 11.8 Å². The van der Waals surface area contributed by atoms with Crippen LogP contribution in [0.2, 0.25) is 0 Å². The Bertz CT molecular complexity index is 1040. The first-order chi connectivity index (χ1) is 16.8. The van der Waals surface area contributed by atoms with Crippen molar-refractivity contribution in [3.8, 4) is 34.5 Å². The van der Waals surface area contributed by atoms with Crippen LogP contribution in [0.5, 0.6) is 34.5 Å². The van der Waals surface area contributed by atoms with Crippen LogP contribution in [0.3, 0.4) is 0 Å². The minimum Gasteiger partial charge on any atom is -0.493 e. The summed E-state index contributed by atoms with van der Waals surface area (Å²) in [5, 5.41) is 0. The molecule has 2 aromatic carbocycles. The van der Waals surface area contributed by atoms with E-state index in [2.05, 4.69) is 0 Å². The van der Waals surface area contributed by atoms with E-state index < -0.39 is 0 Å². The molecule has 3 rings (SSSR count). The molecule has 0 aromatic heterocycles. The lowest BCUT2D eigenvalue weighted by molar-refractivity contribution is 0.0413. The first-order valence-electron chi connectivity index (χ1n) is 11.0. The zero-order valence-corrected chi connectivity index (χ0v) is 21.2. The van der Waals surface area contributed by atoms with Crippen molar-refractivity contribution in [2.75, 3.05) is 62.3 Å². The first-order valence-corrected chi connectivity index (χ1v) is 11.0. The molecule has 10 nitrogen and oxygen atoms in total. The minimum atomic E-state index is -0.221. The van der Waals surface area contributed by atoms with Crippen molar-refractivity contribution in [1.82, 2.24) is 9.80 Å². The maximum Gasteiger partial charge on any atom is 0.254 e. The zero-order valence-electron chi connectivity index (χ0n) is 21.2. The first kappa shape index (κ1) is 25.8. The highest BCUT2D eigenvalue weighted by Gasteiger charge is 2.32. The van der Waals surface area contributed by atoms with Crippen molar-refractivity contribution in [2.45, 2.75) is 13.0 Å². The third-order valence-electron chi connectivity index (χ3n) is 6.00. The molecule has 2 aromatic rings. The quantitative estimate of drug-likeness (QED) is 0.560. The second-order valence-electron chi connectivity index (χ2n) is 7.93. The number of ether oxygens (including phenoxy) is 6. The van der Waals surface area contributed by atoms with Crippen LogP contribution in [0.25, 0.3) is 0 Å². The summed E-state index contributed by atoms with van der Waals surface area (Å²) in [6.07, 6.45) is 0. The standard InChI is InChI=1S/C25H32N2O8/c1-15-14-26(24(28)16-10-18(30-2)22(34-6)19(11-16)31-3)8-9-27(15)25(29)17-12-20(32-4)23(35-7)21(13-17)33-5/h10-13,15H,8-9,14H2,1-7H3. The molecular formula is C25H32N2O8. The Labute approximate surface area is 205 Å². The summed E-state index contributed by atoms with van der Waals surface area (Å²) in [5.74, 6) is 2.07. The number of methoxy groups -OCH3 is 6. The van der Waals surface area contributed by atoms with Gasteiger partial charge in [-0.15, -0.1) is 0 Å². The molecule has 0 spiro atoms. The van der Waals surface area contributed by atoms with Gasteiger partial charge in [-0.3, -0.25) is 9.59 Å². The molecule has 1 aliphatic heterocycles. The van der Waals surface area contributed by atoms with Gasteiger partial charge in [0.1, 0.15) is 0 Å². The van der Waals surface area contributed by atoms with Gasteiger partial charge in [0.15, 0.2) is 23.0 Å². The van der Waals surface area contributed by atoms with Gasteiger partial charge in [0.2, 0.25) is 11.5 Å². The molecular weight excluding hydrogens is 456 g/mol. The van der Waals surface area contributed by atoms with Crippen molar-refractivity contribution in [2.24, 2.45) is 0 Å². The van der Waals surface area contributed by atoms with Crippen LogP contribution in [0.15, 0.2) is 24.3 Å². The highest BCUT2D eigenvalue weighted by atomic mass is 16.5. The van der Waals surface area contributed by atoms with E-state index in [0.29, 0.717) is 65.3 Å². The van der Waals surface area contributed by atoms with Crippen LogP contribution in [0.1, 0.15) is 27.6 Å². The lowest BCUT2D eigenvalue weighted by Crippen LogP contribution is -2.55. The Kier molecular flexibility index (Phi) is 8.16. The number of nitrogens with zero attached hydrogens (tertiary/aromatic N) is 2. The number of rotatable bonds is 8. The molecule has 1 saturated heterocycles. The molecule has 1 atom stereocenters. The van der Waals surface area contributed by atoms with Gasteiger partial charge < -0.3 is 38.2 Å². The Balaban J connectivity index is 1.80. The minimum absolute atomic E-state index is 0.184. The summed E-state index contributed by atoms with van der Waals surface area (Å²) in [6, 6.07) is 6.29. The molecule has 1 heterocycles. The summed E-state index contributed by atoms with van der Waals surface area (Å²) in [6.45, 7) is 3.01. The molecule has 190 valence electrons. The molecule has 0 bridgehead atoms. The van der Waals surface area contributed by atoms with E-state index in [1.165, 1.54) is 42.7 Å². The second kappa shape index (κ2) is 11.1. The largest absolute Gasteiger partial charge is 0.493 e. The average molecular weight is 489 g/mol. The van der Waals surface area contributed by atoms with E-state index in [4.69, 9.17) is 28.4 Å². The van der Waals surface area contributed by atoms with E-state index in [9.17, 15) is 9.59 Å². The molecule has 1 unspecified atom stereocenters. The Hall–Kier alpha value is -3.82. The van der Waals surface area contributed by atoms with E-state index in [0.717, 1.165) is 0 Å². The predicted octanol–water partition coefficient (Wildman–Crippen LogP) is 2.72. The van der Waals surface area contributed by atoms with Gasteiger partial charge in [-0.2, -0.15) is 0 Å². The highest BCUT2D eigenvalue weighted by molar-refractivity contribution is 5.97. The smallest absolute Gasteiger partial charge is 0.254 e. The third-order valence-corrected chi connectivity index (χ3v) is 6.00. The number of hydrogen-bond donors (Lipinski definition) is 0. The fourth-order valence-electron chi connectivity index (χ4n) is 4.20. The fraction of sp³-hybridized carbons (Fsp3) is 0.440. The van der Waals surface area contributed by atoms with Gasteiger partial charge in [0.05, 0.1) is 42.7 Å². The molecule has 1 aliphatic rings. The summed E-state index contributed by atoms with van der Waals surface area (Å²) in [4.78, 5) is 30.1. The van der Waals surface area contributed by atoms with Gasteiger partial charge in [-0.25, -0.2) is 0 Å². The third kappa shape index (κ3) is 5.01. The Morgan fingerprint density at radius 2 is 1.06 bits per heavy atom. The van der Waals surface area contributed by atoms with Crippen LogP contribution in [0.4, 0.5) is 0 Å². The van der Waals surface area contributed by atoms with Gasteiger partial charge in [0, 0.05) is 36.8 Å². The van der Waals surface area contributed by atoms with E-state index in [1.54, 1.807) is 34.1 Å². The van der Waals surface area contributed by atoms with E-state index >= 15 is 0 Å². The monoisotopic (exact) mass is 488 g/mol. The molecule has 0 aliphatic carbocycles. The number of amides is 2. The summed E-state index contributed by atoms with van der Waals surface area (Å²) >= 11 is 0. The molecule has 0 radical (unpaired) electrons. The normalized spacial score (nSPS) is 15.3. The number of carbonyl (C=O) groups excluding carboxylic acids is 2. The molecule has 35 heavy (non-hydrogen) atoms. The second-order valence-corrected chi connectivity index (χ2v) is 7.93. The number of carbonyl (C=O) groups is 2. The van der Waals surface area contributed by atoms with Crippen molar-refractivity contribution < 1.29 is 38.0 Å². The van der Waals surface area contributed by atoms with Crippen molar-refractivity contribution in [3.63, 3.8) is 0 Å². The van der Waals surface area contributed by atoms with Crippen molar-refractivity contribution in [3.05, 3.63) is 35.4 Å². The SMILES string of the molecule is COc1cc(C(=O)N2CCN(C(=O)c3cc(OC)c(OC)c(OC)c3)C(C)C2)cc(OC)c1OC. The van der Waals surface area contributed by atoms with Gasteiger partial charge >= 0.3 is 0 Å². The maximum atomic E-state index is 13.4. The lowest BCUT2D eigenvalue weighted by atomic mass is 10.1. The molecule has 1 fully saturated rings. The number of hydrogen-bond acceptors (Lipinski definition) is 8. The van der Waals surface area contributed by atoms with Crippen LogP contribution in [0, 0.1) is 0 Å². The Morgan fingerprint density at radius 1 is 0.657 bits per heavy atom. The Morgan fingerprint density at radius 3 is 1.40 bits per heavy atom. The number of benzene rings is 2. The van der Waals surface area contributed by atoms with E-state index in [1.807, 2.05) is 6.92 Å². The van der Waals surface area contributed by atoms with Crippen LogP contribution >= 0.6 is 0 Å². The molecule has 0 N–H and O–H groups in total. The zero-order chi connectivity index (χ0) is 25.7. The number of piperazine rings is 1. The van der Waals surface area contributed by atoms with Crippen molar-refractivity contribution in [1.29, 1.82) is 0 Å². The van der Waals surface area contributed by atoms with Crippen molar-refractivity contribution >= 4 is 11.8 Å². The topological polar surface area (TPSA) is 96.0 Å². The average Bonchev–Trinajstić information content (AvgIpc) is 2.90. The van der Waals surface area contributed by atoms with Crippen LogP contribution in [-0.4, -0.2) is 89.9 Å². The fourth-order valence-corrected chi connectivity index (χ4v) is 4.20. The summed E-state index contributed by atoms with van der Waals surface area (Å²) < 4.78 is 32.2. The van der Waals surface area contributed by atoms with Gasteiger partial charge in [-0.05, 0) is 31.2 Å². The maximum absolute atomic E-state index is 13.4. The van der Waals surface area contributed by atoms with Crippen LogP contribution < -0.4 is 28.4 Å². The van der Waals surface area contributed by atoms with Crippen LogP contribution in [-0.2, 0) is 0 Å².